The lowest BCUT2D eigenvalue weighted by Crippen LogP contribution is -2.15. The van der Waals surface area contributed by atoms with Crippen LogP contribution in [0.5, 0.6) is 5.75 Å². The number of carboxylic acids is 1. The Kier molecular flexibility index (Phi) is 4.76. The number of halogens is 1. The minimum atomic E-state index is -0.965. The first kappa shape index (κ1) is 17.0. The molecule has 1 aliphatic rings. The Hall–Kier alpha value is -2.79. The average Bonchev–Trinajstić information content (AvgIpc) is 2.62. The molecule has 0 spiro atoms. The van der Waals surface area contributed by atoms with Gasteiger partial charge in [-0.1, -0.05) is 23.7 Å². The van der Waals surface area contributed by atoms with E-state index in [0.29, 0.717) is 34.5 Å². The second-order valence-corrected chi connectivity index (χ2v) is 6.00. The van der Waals surface area contributed by atoms with E-state index >= 15 is 0 Å². The number of hydrogen-bond donors (Lipinski definition) is 1. The number of aromatic carboxylic acids is 1. The summed E-state index contributed by atoms with van der Waals surface area (Å²) in [6, 6.07) is 11.8. The first-order valence-corrected chi connectivity index (χ1v) is 7.97. The molecule has 0 saturated carbocycles. The zero-order chi connectivity index (χ0) is 18.0. The third kappa shape index (κ3) is 3.51. The van der Waals surface area contributed by atoms with E-state index < -0.39 is 5.97 Å². The zero-order valence-corrected chi connectivity index (χ0v) is 14.5. The summed E-state index contributed by atoms with van der Waals surface area (Å²) in [5.74, 6) is 0.724. The number of rotatable bonds is 4. The Morgan fingerprint density at radius 2 is 1.96 bits per heavy atom. The van der Waals surface area contributed by atoms with Crippen LogP contribution < -0.4 is 4.74 Å². The van der Waals surface area contributed by atoms with Gasteiger partial charge in [0.15, 0.2) is 0 Å². The lowest BCUT2D eigenvalue weighted by atomic mass is 10.1. The van der Waals surface area contributed by atoms with Gasteiger partial charge in [-0.3, -0.25) is 0 Å². The van der Waals surface area contributed by atoms with E-state index in [9.17, 15) is 4.79 Å². The zero-order valence-electron chi connectivity index (χ0n) is 13.7. The molecule has 2 aromatic carbocycles. The predicted octanol–water partition coefficient (Wildman–Crippen LogP) is 4.25. The van der Waals surface area contributed by atoms with E-state index in [4.69, 9.17) is 26.2 Å². The van der Waals surface area contributed by atoms with Crippen LogP contribution in [-0.2, 0) is 4.74 Å². The molecule has 0 bridgehead atoms. The van der Waals surface area contributed by atoms with E-state index in [2.05, 4.69) is 4.99 Å². The highest BCUT2D eigenvalue weighted by atomic mass is 35.5. The van der Waals surface area contributed by atoms with Crippen LogP contribution in [0.1, 0.15) is 28.4 Å². The number of aliphatic imine (C=N–C) groups is 1. The minimum Gasteiger partial charge on any atom is -0.496 e. The normalized spacial score (nSPS) is 14.0. The summed E-state index contributed by atoms with van der Waals surface area (Å²) in [6.45, 7) is 2.40. The van der Waals surface area contributed by atoms with Crippen LogP contribution >= 0.6 is 11.6 Å². The predicted molar refractivity (Wildman–Crippen MR) is 96.5 cm³/mol. The van der Waals surface area contributed by atoms with Gasteiger partial charge in [-0.05, 0) is 42.8 Å². The summed E-state index contributed by atoms with van der Waals surface area (Å²) in [4.78, 5) is 15.5. The molecule has 1 aliphatic heterocycles. The van der Waals surface area contributed by atoms with Gasteiger partial charge >= 0.3 is 5.97 Å². The maximum atomic E-state index is 11.0. The van der Waals surface area contributed by atoms with Gasteiger partial charge in [0.25, 0.3) is 0 Å². The molecule has 0 fully saturated rings. The van der Waals surface area contributed by atoms with Crippen molar-refractivity contribution in [2.24, 2.45) is 4.99 Å². The number of carbonyl (C=O) groups is 1. The van der Waals surface area contributed by atoms with Crippen molar-refractivity contribution < 1.29 is 19.4 Å². The molecule has 0 radical (unpaired) electrons. The van der Waals surface area contributed by atoms with Crippen molar-refractivity contribution in [3.05, 3.63) is 69.8 Å². The van der Waals surface area contributed by atoms with Gasteiger partial charge in [-0.15, -0.1) is 0 Å². The van der Waals surface area contributed by atoms with Crippen LogP contribution in [0.3, 0.4) is 0 Å². The number of benzene rings is 2. The fraction of sp³-hybridized carbons (Fsp3) is 0.158. The number of nitrogens with zero attached hydrogens (tertiary/aromatic N) is 1. The third-order valence-electron chi connectivity index (χ3n) is 3.83. The molecular formula is C19H16ClNO4. The topological polar surface area (TPSA) is 68.1 Å². The summed E-state index contributed by atoms with van der Waals surface area (Å²) in [5.41, 5.74) is 2.63. The first-order chi connectivity index (χ1) is 12.0. The van der Waals surface area contributed by atoms with E-state index in [-0.39, 0.29) is 5.56 Å². The molecular weight excluding hydrogens is 342 g/mol. The Morgan fingerprint density at radius 1 is 1.24 bits per heavy atom. The van der Waals surface area contributed by atoms with Crippen LogP contribution in [-0.4, -0.2) is 30.6 Å². The molecule has 128 valence electrons. The molecule has 0 amide bonds. The minimum absolute atomic E-state index is 0.225. The molecule has 2 aromatic rings. The highest BCUT2D eigenvalue weighted by Gasteiger charge is 2.21. The lowest BCUT2D eigenvalue weighted by Gasteiger charge is -2.21. The summed E-state index contributed by atoms with van der Waals surface area (Å²) in [7, 11) is 1.57. The molecule has 1 N–H and O–H groups in total. The van der Waals surface area contributed by atoms with Gasteiger partial charge in [-0.2, -0.15) is 0 Å². The van der Waals surface area contributed by atoms with Crippen molar-refractivity contribution in [1.29, 1.82) is 0 Å². The van der Waals surface area contributed by atoms with Crippen LogP contribution in [0.2, 0.25) is 5.02 Å². The average molecular weight is 358 g/mol. The molecule has 0 unspecified atom stereocenters. The van der Waals surface area contributed by atoms with Crippen molar-refractivity contribution in [3.8, 4) is 5.75 Å². The van der Waals surface area contributed by atoms with Crippen LogP contribution in [0.15, 0.2) is 53.0 Å². The van der Waals surface area contributed by atoms with Crippen molar-refractivity contribution in [2.45, 2.75) is 6.92 Å². The summed E-state index contributed by atoms with van der Waals surface area (Å²) >= 11 is 6.09. The van der Waals surface area contributed by atoms with Crippen LogP contribution in [0.25, 0.3) is 5.76 Å². The molecule has 5 nitrogen and oxygen atoms in total. The molecule has 25 heavy (non-hydrogen) atoms. The summed E-state index contributed by atoms with van der Waals surface area (Å²) in [5, 5.41) is 9.58. The van der Waals surface area contributed by atoms with Crippen molar-refractivity contribution in [1.82, 2.24) is 0 Å². The standard InChI is InChI=1S/C19H16ClNO4/c1-11-10-21-18(15-9-14(20)7-8-16(15)24-2)25-17(11)12-3-5-13(6-4-12)19(22)23/h3-9H,10H2,1-2H3,(H,22,23). The highest BCUT2D eigenvalue weighted by Crippen LogP contribution is 2.30. The van der Waals surface area contributed by atoms with Crippen molar-refractivity contribution >= 4 is 29.2 Å². The fourth-order valence-corrected chi connectivity index (χ4v) is 2.71. The van der Waals surface area contributed by atoms with E-state index in [1.807, 2.05) is 6.92 Å². The van der Waals surface area contributed by atoms with Crippen LogP contribution in [0, 0.1) is 0 Å². The monoisotopic (exact) mass is 357 g/mol. The fourth-order valence-electron chi connectivity index (χ4n) is 2.54. The second-order valence-electron chi connectivity index (χ2n) is 5.56. The largest absolute Gasteiger partial charge is 0.496 e. The molecule has 0 aromatic heterocycles. The quantitative estimate of drug-likeness (QED) is 0.887. The number of carboxylic acid groups (broad SMARTS) is 1. The maximum Gasteiger partial charge on any atom is 0.335 e. The lowest BCUT2D eigenvalue weighted by molar-refractivity contribution is 0.0697. The number of ether oxygens (including phenoxy) is 2. The van der Waals surface area contributed by atoms with Gasteiger partial charge in [0.1, 0.15) is 11.5 Å². The molecule has 3 rings (SSSR count). The second kappa shape index (κ2) is 6.99. The number of hydrogen-bond acceptors (Lipinski definition) is 4. The van der Waals surface area contributed by atoms with Crippen molar-refractivity contribution in [2.75, 3.05) is 13.7 Å². The Balaban J connectivity index is 1.93. The maximum absolute atomic E-state index is 11.0. The highest BCUT2D eigenvalue weighted by molar-refractivity contribution is 6.31. The third-order valence-corrected chi connectivity index (χ3v) is 4.07. The first-order valence-electron chi connectivity index (χ1n) is 7.59. The molecule has 0 aliphatic carbocycles. The van der Waals surface area contributed by atoms with Crippen molar-refractivity contribution in [3.63, 3.8) is 0 Å². The Labute approximate surface area is 150 Å². The molecule has 0 saturated heterocycles. The molecule has 0 atom stereocenters. The van der Waals surface area contributed by atoms with E-state index in [0.717, 1.165) is 11.1 Å². The SMILES string of the molecule is COc1ccc(Cl)cc1C1=NCC(C)=C(c2ccc(C(=O)O)cc2)O1. The van der Waals surface area contributed by atoms with Gasteiger partial charge in [-0.25, -0.2) is 9.79 Å². The Bertz CT molecular complexity index is 885. The van der Waals surface area contributed by atoms with Gasteiger partial charge in [0, 0.05) is 10.6 Å². The van der Waals surface area contributed by atoms with Crippen LogP contribution in [0.4, 0.5) is 0 Å². The number of methoxy groups -OCH3 is 1. The Morgan fingerprint density at radius 3 is 2.60 bits per heavy atom. The van der Waals surface area contributed by atoms with Gasteiger partial charge in [0.05, 0.1) is 24.8 Å². The van der Waals surface area contributed by atoms with E-state index in [1.165, 1.54) is 0 Å². The smallest absolute Gasteiger partial charge is 0.335 e. The summed E-state index contributed by atoms with van der Waals surface area (Å²) in [6.07, 6.45) is 0. The molecule has 1 heterocycles. The van der Waals surface area contributed by atoms with E-state index in [1.54, 1.807) is 49.6 Å². The molecule has 6 heteroatoms. The van der Waals surface area contributed by atoms with Gasteiger partial charge in [0.2, 0.25) is 5.90 Å². The summed E-state index contributed by atoms with van der Waals surface area (Å²) < 4.78 is 11.4. The van der Waals surface area contributed by atoms with Gasteiger partial charge < -0.3 is 14.6 Å².